The lowest BCUT2D eigenvalue weighted by molar-refractivity contribution is -0.131. The van der Waals surface area contributed by atoms with Crippen molar-refractivity contribution in [3.8, 4) is 11.1 Å². The van der Waals surface area contributed by atoms with Gasteiger partial charge in [-0.2, -0.15) is 0 Å². The van der Waals surface area contributed by atoms with E-state index in [0.29, 0.717) is 12.4 Å². The average Bonchev–Trinajstić information content (AvgIpc) is 2.91. The molecule has 2 aromatic heterocycles. The third-order valence-electron chi connectivity index (χ3n) is 6.37. The number of carbonyl (C=O) groups is 2. The van der Waals surface area contributed by atoms with Crippen LogP contribution in [0, 0.1) is 5.92 Å². The summed E-state index contributed by atoms with van der Waals surface area (Å²) < 4.78 is 0. The first kappa shape index (κ1) is 25.0. The van der Waals surface area contributed by atoms with Crippen LogP contribution in [0.25, 0.3) is 17.2 Å². The maximum absolute atomic E-state index is 13.6. The zero-order chi connectivity index (χ0) is 25.5. The van der Waals surface area contributed by atoms with Gasteiger partial charge in [-0.25, -0.2) is 19.7 Å². The van der Waals surface area contributed by atoms with Gasteiger partial charge in [0.1, 0.15) is 11.6 Å². The van der Waals surface area contributed by atoms with Crippen LogP contribution in [0.5, 0.6) is 0 Å². The lowest BCUT2D eigenvalue weighted by Crippen LogP contribution is -2.37. The number of benzene rings is 1. The van der Waals surface area contributed by atoms with Crippen molar-refractivity contribution in [3.05, 3.63) is 72.3 Å². The molecule has 1 aliphatic rings. The van der Waals surface area contributed by atoms with Crippen molar-refractivity contribution in [2.75, 3.05) is 23.9 Å². The van der Waals surface area contributed by atoms with Gasteiger partial charge < -0.3 is 10.0 Å². The minimum Gasteiger partial charge on any atom is -0.478 e. The van der Waals surface area contributed by atoms with E-state index in [0.717, 1.165) is 60.7 Å². The fraction of sp³-hybridized carbons (Fsp3) is 0.321. The number of carboxylic acids is 1. The summed E-state index contributed by atoms with van der Waals surface area (Å²) in [4.78, 5) is 41.3. The Morgan fingerprint density at radius 3 is 2.31 bits per heavy atom. The number of amides is 1. The van der Waals surface area contributed by atoms with E-state index in [4.69, 9.17) is 5.11 Å². The summed E-state index contributed by atoms with van der Waals surface area (Å²) in [5.74, 6) is 0.556. The molecule has 1 aromatic carbocycles. The highest BCUT2D eigenvalue weighted by Crippen LogP contribution is 2.29. The molecule has 36 heavy (non-hydrogen) atoms. The van der Waals surface area contributed by atoms with Crippen molar-refractivity contribution in [2.24, 2.45) is 5.92 Å². The predicted octanol–water partition coefficient (Wildman–Crippen LogP) is 4.82. The molecule has 0 aliphatic heterocycles. The van der Waals surface area contributed by atoms with Crippen LogP contribution in [0.4, 0.5) is 11.6 Å². The van der Waals surface area contributed by atoms with E-state index in [-0.39, 0.29) is 17.6 Å². The Labute approximate surface area is 211 Å². The zero-order valence-corrected chi connectivity index (χ0v) is 20.7. The minimum absolute atomic E-state index is 0.0349. The molecule has 1 fully saturated rings. The van der Waals surface area contributed by atoms with Crippen LogP contribution in [0.3, 0.4) is 0 Å². The van der Waals surface area contributed by atoms with E-state index in [1.165, 1.54) is 6.08 Å². The van der Waals surface area contributed by atoms with Crippen LogP contribution < -0.4 is 9.80 Å². The van der Waals surface area contributed by atoms with E-state index >= 15 is 0 Å². The molecular formula is C28H31N5O3. The Balaban J connectivity index is 1.58. The second kappa shape index (κ2) is 11.6. The number of hydrogen-bond donors (Lipinski definition) is 1. The number of carboxylic acid groups (broad SMARTS) is 1. The van der Waals surface area contributed by atoms with Crippen molar-refractivity contribution in [1.29, 1.82) is 0 Å². The van der Waals surface area contributed by atoms with Gasteiger partial charge in [-0.3, -0.25) is 9.69 Å². The Kier molecular flexibility index (Phi) is 8.05. The van der Waals surface area contributed by atoms with Crippen molar-refractivity contribution < 1.29 is 14.7 Å². The van der Waals surface area contributed by atoms with Gasteiger partial charge in [0.15, 0.2) is 5.82 Å². The van der Waals surface area contributed by atoms with Crippen molar-refractivity contribution in [3.63, 3.8) is 0 Å². The van der Waals surface area contributed by atoms with Crippen LogP contribution in [-0.4, -0.2) is 46.0 Å². The number of aromatic nitrogens is 3. The SMILES string of the molecule is CN(C)c1ccc(-c2ccc(CN(C(=O)C3CCCCC3)c3ccnc(C=CC(=O)O)n3)cc2)cn1. The molecule has 1 amide bonds. The monoisotopic (exact) mass is 485 g/mol. The first-order valence-electron chi connectivity index (χ1n) is 12.2. The summed E-state index contributed by atoms with van der Waals surface area (Å²) in [6.07, 6.45) is 10.8. The molecule has 0 bridgehead atoms. The molecule has 3 aromatic rings. The van der Waals surface area contributed by atoms with Gasteiger partial charge in [-0.05, 0) is 48.2 Å². The van der Waals surface area contributed by atoms with E-state index < -0.39 is 5.97 Å². The normalized spacial score (nSPS) is 14.1. The molecule has 1 N–H and O–H groups in total. The third kappa shape index (κ3) is 6.33. The van der Waals surface area contributed by atoms with Gasteiger partial charge in [-0.15, -0.1) is 0 Å². The van der Waals surface area contributed by atoms with Gasteiger partial charge in [0.25, 0.3) is 0 Å². The number of anilines is 2. The van der Waals surface area contributed by atoms with E-state index in [9.17, 15) is 9.59 Å². The molecule has 0 radical (unpaired) electrons. The van der Waals surface area contributed by atoms with Crippen LogP contribution in [0.1, 0.15) is 43.5 Å². The fourth-order valence-electron chi connectivity index (χ4n) is 4.39. The molecule has 0 spiro atoms. The highest BCUT2D eigenvalue weighted by atomic mass is 16.4. The standard InChI is InChI=1S/C28H31N5O3/c1-32(2)25-14-12-23(18-30-25)21-10-8-20(9-11-21)19-33(28(36)22-6-4-3-5-7-22)26-16-17-29-24(31-26)13-15-27(34)35/h8-18,22H,3-7,19H2,1-2H3,(H,34,35). The van der Waals surface area contributed by atoms with Gasteiger partial charge >= 0.3 is 5.97 Å². The number of aliphatic carboxylic acids is 1. The van der Waals surface area contributed by atoms with Crippen LogP contribution in [0.2, 0.25) is 0 Å². The number of hydrogen-bond acceptors (Lipinski definition) is 6. The number of carbonyl (C=O) groups excluding carboxylic acids is 1. The maximum atomic E-state index is 13.6. The van der Waals surface area contributed by atoms with Crippen LogP contribution in [0.15, 0.2) is 60.9 Å². The van der Waals surface area contributed by atoms with Gasteiger partial charge in [-0.1, -0.05) is 43.5 Å². The summed E-state index contributed by atoms with van der Waals surface area (Å²) in [6, 6.07) is 13.8. The smallest absolute Gasteiger partial charge is 0.328 e. The molecule has 0 unspecified atom stereocenters. The topological polar surface area (TPSA) is 99.5 Å². The number of pyridine rings is 1. The molecule has 4 rings (SSSR count). The highest BCUT2D eigenvalue weighted by Gasteiger charge is 2.28. The first-order valence-corrected chi connectivity index (χ1v) is 12.2. The van der Waals surface area contributed by atoms with E-state index in [1.807, 2.05) is 61.6 Å². The lowest BCUT2D eigenvalue weighted by Gasteiger charge is -2.29. The molecular weight excluding hydrogens is 454 g/mol. The Hall–Kier alpha value is -4.07. The van der Waals surface area contributed by atoms with Crippen molar-refractivity contribution in [2.45, 2.75) is 38.6 Å². The lowest BCUT2D eigenvalue weighted by atomic mass is 9.88. The first-order chi connectivity index (χ1) is 17.4. The van der Waals surface area contributed by atoms with Gasteiger partial charge in [0.2, 0.25) is 5.91 Å². The third-order valence-corrected chi connectivity index (χ3v) is 6.37. The molecule has 1 aliphatic carbocycles. The van der Waals surface area contributed by atoms with Gasteiger partial charge in [0.05, 0.1) is 6.54 Å². The summed E-state index contributed by atoms with van der Waals surface area (Å²) in [7, 11) is 3.92. The fourth-order valence-corrected chi connectivity index (χ4v) is 4.39. The minimum atomic E-state index is -1.08. The number of rotatable bonds is 8. The molecule has 0 saturated heterocycles. The van der Waals surface area contributed by atoms with Gasteiger partial charge in [0, 0.05) is 44.0 Å². The van der Waals surface area contributed by atoms with Crippen LogP contribution >= 0.6 is 0 Å². The summed E-state index contributed by atoms with van der Waals surface area (Å²) in [5.41, 5.74) is 3.04. The second-order valence-electron chi connectivity index (χ2n) is 9.20. The maximum Gasteiger partial charge on any atom is 0.328 e. The van der Waals surface area contributed by atoms with Crippen molar-refractivity contribution >= 4 is 29.6 Å². The zero-order valence-electron chi connectivity index (χ0n) is 20.7. The highest BCUT2D eigenvalue weighted by molar-refractivity contribution is 5.94. The summed E-state index contributed by atoms with van der Waals surface area (Å²) in [6.45, 7) is 0.368. The molecule has 186 valence electrons. The molecule has 8 heteroatoms. The molecule has 1 saturated carbocycles. The molecule has 0 atom stereocenters. The van der Waals surface area contributed by atoms with Crippen molar-refractivity contribution in [1.82, 2.24) is 15.0 Å². The summed E-state index contributed by atoms with van der Waals surface area (Å²) >= 11 is 0. The second-order valence-corrected chi connectivity index (χ2v) is 9.20. The largest absolute Gasteiger partial charge is 0.478 e. The Morgan fingerprint density at radius 2 is 1.67 bits per heavy atom. The van der Waals surface area contributed by atoms with E-state index in [1.54, 1.807) is 17.2 Å². The van der Waals surface area contributed by atoms with Crippen LogP contribution in [-0.2, 0) is 16.1 Å². The molecule has 8 nitrogen and oxygen atoms in total. The Bertz CT molecular complexity index is 1220. The Morgan fingerprint density at radius 1 is 0.944 bits per heavy atom. The average molecular weight is 486 g/mol. The predicted molar refractivity (Wildman–Crippen MR) is 140 cm³/mol. The number of nitrogens with zero attached hydrogens (tertiary/aromatic N) is 5. The quantitative estimate of drug-likeness (QED) is 0.457. The van der Waals surface area contributed by atoms with E-state index in [2.05, 4.69) is 15.0 Å². The summed E-state index contributed by atoms with van der Waals surface area (Å²) in [5, 5.41) is 8.94. The molecule has 2 heterocycles.